The van der Waals surface area contributed by atoms with Gasteiger partial charge in [-0.25, -0.2) is 4.98 Å². The lowest BCUT2D eigenvalue weighted by atomic mass is 10.1. The van der Waals surface area contributed by atoms with Gasteiger partial charge in [0.25, 0.3) is 5.91 Å². The van der Waals surface area contributed by atoms with Gasteiger partial charge in [-0.1, -0.05) is 0 Å². The third kappa shape index (κ3) is 5.62. The van der Waals surface area contributed by atoms with Crippen molar-refractivity contribution in [2.45, 2.75) is 31.7 Å². The number of aryl methyl sites for hydroxylation is 1. The molecule has 1 aliphatic heterocycles. The molecule has 1 unspecified atom stereocenters. The number of thiazole rings is 1. The third-order valence-corrected chi connectivity index (χ3v) is 5.78. The molecule has 4 heterocycles. The first-order valence-corrected chi connectivity index (χ1v) is 10.6. The first-order valence-electron chi connectivity index (χ1n) is 9.68. The average Bonchev–Trinajstić information content (AvgIpc) is 3.42. The molecule has 7 nitrogen and oxygen atoms in total. The molecule has 1 atom stereocenters. The fourth-order valence-electron chi connectivity index (χ4n) is 3.33. The summed E-state index contributed by atoms with van der Waals surface area (Å²) in [6.07, 6.45) is 9.39. The molecule has 9 heteroatoms. The lowest BCUT2D eigenvalue weighted by Gasteiger charge is -2.22. The highest BCUT2D eigenvalue weighted by Crippen LogP contribution is 2.21. The molecular formula is C20H25ClN6OS. The van der Waals surface area contributed by atoms with Gasteiger partial charge in [-0.3, -0.25) is 14.5 Å². The third-order valence-electron chi connectivity index (χ3n) is 4.87. The largest absolute Gasteiger partial charge is 0.351 e. The molecular weight excluding hydrogens is 408 g/mol. The standard InChI is InChI=1S/C20H24N6OS.ClH/c27-20(17-7-12-26(25-17)16-3-1-8-22-13-16)23-9-2-4-19-24-18(14-28-19)15-5-10-21-11-6-15;/h5-7,10-12,14,16,22H,1-4,8-9,13H2,(H,23,27);1H. The Kier molecular flexibility index (Phi) is 7.74. The fraction of sp³-hybridized carbons (Fsp3) is 0.400. The molecule has 154 valence electrons. The summed E-state index contributed by atoms with van der Waals surface area (Å²) in [5, 5.41) is 13.9. The zero-order chi connectivity index (χ0) is 19.2. The molecule has 1 aliphatic rings. The van der Waals surface area contributed by atoms with Gasteiger partial charge in [0, 0.05) is 49.0 Å². The number of carbonyl (C=O) groups excluding carboxylic acids is 1. The van der Waals surface area contributed by atoms with Gasteiger partial charge < -0.3 is 10.6 Å². The van der Waals surface area contributed by atoms with E-state index in [4.69, 9.17) is 0 Å². The number of aromatic nitrogens is 4. The Bertz CT molecular complexity index is 907. The number of pyridine rings is 1. The Hall–Kier alpha value is -2.29. The van der Waals surface area contributed by atoms with Crippen LogP contribution in [0.5, 0.6) is 0 Å². The van der Waals surface area contributed by atoms with Crippen LogP contribution in [0.2, 0.25) is 0 Å². The smallest absolute Gasteiger partial charge is 0.271 e. The summed E-state index contributed by atoms with van der Waals surface area (Å²) in [7, 11) is 0. The highest BCUT2D eigenvalue weighted by molar-refractivity contribution is 7.09. The van der Waals surface area contributed by atoms with E-state index in [9.17, 15) is 4.79 Å². The van der Waals surface area contributed by atoms with Crippen molar-refractivity contribution in [3.8, 4) is 11.3 Å². The Morgan fingerprint density at radius 3 is 2.97 bits per heavy atom. The van der Waals surface area contributed by atoms with Gasteiger partial charge >= 0.3 is 0 Å². The van der Waals surface area contributed by atoms with Crippen molar-refractivity contribution in [3.63, 3.8) is 0 Å². The van der Waals surface area contributed by atoms with Crippen LogP contribution in [0.3, 0.4) is 0 Å². The molecule has 4 rings (SSSR count). The summed E-state index contributed by atoms with van der Waals surface area (Å²) < 4.78 is 1.91. The second-order valence-electron chi connectivity index (χ2n) is 6.90. The summed E-state index contributed by atoms with van der Waals surface area (Å²) >= 11 is 1.65. The minimum absolute atomic E-state index is 0. The second-order valence-corrected chi connectivity index (χ2v) is 7.85. The fourth-order valence-corrected chi connectivity index (χ4v) is 4.18. The van der Waals surface area contributed by atoms with Crippen molar-refractivity contribution in [3.05, 3.63) is 52.9 Å². The van der Waals surface area contributed by atoms with Gasteiger partial charge in [-0.2, -0.15) is 5.10 Å². The van der Waals surface area contributed by atoms with Crippen LogP contribution in [0, 0.1) is 0 Å². The van der Waals surface area contributed by atoms with E-state index in [1.807, 2.05) is 23.0 Å². The van der Waals surface area contributed by atoms with Gasteiger partial charge in [-0.05, 0) is 44.0 Å². The van der Waals surface area contributed by atoms with Crippen LogP contribution >= 0.6 is 23.7 Å². The van der Waals surface area contributed by atoms with E-state index in [1.165, 1.54) is 0 Å². The molecule has 0 radical (unpaired) electrons. The number of hydrogen-bond donors (Lipinski definition) is 2. The molecule has 29 heavy (non-hydrogen) atoms. The quantitative estimate of drug-likeness (QED) is 0.560. The van der Waals surface area contributed by atoms with Crippen LogP contribution in [0.15, 0.2) is 42.2 Å². The van der Waals surface area contributed by atoms with Crippen molar-refractivity contribution in [1.82, 2.24) is 30.4 Å². The normalized spacial score (nSPS) is 16.2. The highest BCUT2D eigenvalue weighted by Gasteiger charge is 2.17. The Balaban J connectivity index is 0.00000240. The number of piperidine rings is 1. The van der Waals surface area contributed by atoms with Crippen molar-refractivity contribution in [1.29, 1.82) is 0 Å². The van der Waals surface area contributed by atoms with Gasteiger partial charge in [0.1, 0.15) is 5.69 Å². The summed E-state index contributed by atoms with van der Waals surface area (Å²) in [4.78, 5) is 21.0. The molecule has 1 amide bonds. The van der Waals surface area contributed by atoms with Gasteiger partial charge in [0.05, 0.1) is 16.7 Å². The number of rotatable bonds is 7. The maximum absolute atomic E-state index is 12.3. The Morgan fingerprint density at radius 1 is 1.31 bits per heavy atom. The average molecular weight is 433 g/mol. The number of nitrogens with one attached hydrogen (secondary N) is 2. The van der Waals surface area contributed by atoms with E-state index in [1.54, 1.807) is 29.8 Å². The summed E-state index contributed by atoms with van der Waals surface area (Å²) in [6, 6.07) is 6.06. The van der Waals surface area contributed by atoms with Gasteiger partial charge in [0.15, 0.2) is 0 Å². The van der Waals surface area contributed by atoms with Crippen LogP contribution in [-0.4, -0.2) is 45.3 Å². The molecule has 1 saturated heterocycles. The van der Waals surface area contributed by atoms with Crippen LogP contribution in [-0.2, 0) is 6.42 Å². The van der Waals surface area contributed by atoms with E-state index in [2.05, 4.69) is 31.1 Å². The second kappa shape index (κ2) is 10.5. The first kappa shape index (κ1) is 21.4. The molecule has 3 aromatic heterocycles. The first-order chi connectivity index (χ1) is 13.8. The molecule has 3 aromatic rings. The minimum atomic E-state index is -0.112. The van der Waals surface area contributed by atoms with E-state index in [-0.39, 0.29) is 18.3 Å². The number of halogens is 1. The predicted octanol–water partition coefficient (Wildman–Crippen LogP) is 3.11. The zero-order valence-corrected chi connectivity index (χ0v) is 17.7. The monoisotopic (exact) mass is 432 g/mol. The lowest BCUT2D eigenvalue weighted by molar-refractivity contribution is 0.0947. The van der Waals surface area contributed by atoms with E-state index in [0.29, 0.717) is 18.3 Å². The summed E-state index contributed by atoms with van der Waals surface area (Å²) in [6.45, 7) is 2.59. The number of carbonyl (C=O) groups is 1. The van der Waals surface area contributed by atoms with E-state index >= 15 is 0 Å². The Labute approximate surface area is 180 Å². The molecule has 2 N–H and O–H groups in total. The topological polar surface area (TPSA) is 84.7 Å². The molecule has 1 fully saturated rings. The Morgan fingerprint density at radius 2 is 2.17 bits per heavy atom. The van der Waals surface area contributed by atoms with Crippen LogP contribution in [0.25, 0.3) is 11.3 Å². The maximum atomic E-state index is 12.3. The molecule has 0 bridgehead atoms. The van der Waals surface area contributed by atoms with Crippen molar-refractivity contribution in [2.75, 3.05) is 19.6 Å². The maximum Gasteiger partial charge on any atom is 0.271 e. The van der Waals surface area contributed by atoms with Gasteiger partial charge in [-0.15, -0.1) is 23.7 Å². The van der Waals surface area contributed by atoms with Crippen LogP contribution in [0.1, 0.15) is 40.8 Å². The molecule has 0 saturated carbocycles. The minimum Gasteiger partial charge on any atom is -0.351 e. The number of amides is 1. The molecule has 0 aromatic carbocycles. The van der Waals surface area contributed by atoms with E-state index < -0.39 is 0 Å². The van der Waals surface area contributed by atoms with Crippen molar-refractivity contribution < 1.29 is 4.79 Å². The summed E-state index contributed by atoms with van der Waals surface area (Å²) in [5.41, 5.74) is 2.54. The van der Waals surface area contributed by atoms with Crippen LogP contribution in [0.4, 0.5) is 0 Å². The number of hydrogen-bond acceptors (Lipinski definition) is 6. The number of nitrogens with zero attached hydrogens (tertiary/aromatic N) is 4. The van der Waals surface area contributed by atoms with Crippen LogP contribution < -0.4 is 10.6 Å². The predicted molar refractivity (Wildman–Crippen MR) is 117 cm³/mol. The molecule has 0 aliphatic carbocycles. The van der Waals surface area contributed by atoms with Gasteiger partial charge in [0.2, 0.25) is 0 Å². The van der Waals surface area contributed by atoms with E-state index in [0.717, 1.165) is 55.0 Å². The van der Waals surface area contributed by atoms with Crippen molar-refractivity contribution >= 4 is 29.7 Å². The molecule has 0 spiro atoms. The zero-order valence-electron chi connectivity index (χ0n) is 16.1. The lowest BCUT2D eigenvalue weighted by Crippen LogP contribution is -2.32. The SMILES string of the molecule is Cl.O=C(NCCCc1nc(-c2ccncc2)cs1)c1ccn(C2CCCNC2)n1. The van der Waals surface area contributed by atoms with Crippen molar-refractivity contribution in [2.24, 2.45) is 0 Å². The highest BCUT2D eigenvalue weighted by atomic mass is 35.5. The summed E-state index contributed by atoms with van der Waals surface area (Å²) in [5.74, 6) is -0.112.